The summed E-state index contributed by atoms with van der Waals surface area (Å²) < 4.78 is 12.5. The molecule has 1 aliphatic heterocycles. The Hall–Kier alpha value is -1.06. The van der Waals surface area contributed by atoms with Gasteiger partial charge in [0.1, 0.15) is 5.75 Å². The van der Waals surface area contributed by atoms with Crippen molar-refractivity contribution in [2.24, 2.45) is 11.3 Å². The lowest BCUT2D eigenvalue weighted by molar-refractivity contribution is -0.274. The minimum atomic E-state index is -0.181. The van der Waals surface area contributed by atoms with Gasteiger partial charge in [0, 0.05) is 6.61 Å². The Balaban J connectivity index is 1.90. The molecule has 0 spiro atoms. The van der Waals surface area contributed by atoms with Crippen LogP contribution in [0.2, 0.25) is 0 Å². The normalized spacial score (nSPS) is 36.8. The van der Waals surface area contributed by atoms with Gasteiger partial charge in [0.05, 0.1) is 12.0 Å². The monoisotopic (exact) mass is 344 g/mol. The third kappa shape index (κ3) is 2.39. The number of benzene rings is 1. The highest BCUT2D eigenvalue weighted by molar-refractivity contribution is 5.50. The van der Waals surface area contributed by atoms with Crippen molar-refractivity contribution >= 4 is 0 Å². The van der Waals surface area contributed by atoms with Crippen molar-refractivity contribution in [1.29, 1.82) is 0 Å². The highest BCUT2D eigenvalue weighted by Crippen LogP contribution is 2.62. The second-order valence-electron chi connectivity index (χ2n) is 8.96. The number of ether oxygens (including phenoxy) is 2. The molecule has 2 fully saturated rings. The fraction of sp³-hybridized carbons (Fsp3) is 0.727. The SMILES string of the molecule is CCOC1OCC2(C)CCCC13c1cc(O)c(C(C)C)cc1CCC23. The van der Waals surface area contributed by atoms with Crippen molar-refractivity contribution < 1.29 is 14.6 Å². The molecule has 0 aromatic heterocycles. The number of phenolic OH excluding ortho intramolecular Hbond substituents is 1. The minimum absolute atomic E-state index is 0.0954. The maximum atomic E-state index is 10.7. The molecule has 1 aromatic rings. The summed E-state index contributed by atoms with van der Waals surface area (Å²) in [7, 11) is 0. The van der Waals surface area contributed by atoms with E-state index in [4.69, 9.17) is 9.47 Å². The molecule has 4 atom stereocenters. The third-order valence-electron chi connectivity index (χ3n) is 7.18. The average Bonchev–Trinajstić information content (AvgIpc) is 2.57. The Morgan fingerprint density at radius 1 is 1.32 bits per heavy atom. The van der Waals surface area contributed by atoms with E-state index < -0.39 is 0 Å². The molecular formula is C22H32O3. The fourth-order valence-corrected chi connectivity index (χ4v) is 6.08. The van der Waals surface area contributed by atoms with Gasteiger partial charge >= 0.3 is 0 Å². The quantitative estimate of drug-likeness (QED) is 0.848. The van der Waals surface area contributed by atoms with Gasteiger partial charge in [0.15, 0.2) is 6.29 Å². The zero-order valence-electron chi connectivity index (χ0n) is 16.1. The first-order valence-corrected chi connectivity index (χ1v) is 10.0. The van der Waals surface area contributed by atoms with Gasteiger partial charge in [-0.05, 0) is 72.6 Å². The van der Waals surface area contributed by atoms with Crippen molar-refractivity contribution in [3.05, 3.63) is 28.8 Å². The van der Waals surface area contributed by atoms with Crippen LogP contribution in [-0.2, 0) is 21.3 Å². The number of fused-ring (bicyclic) bond motifs is 1. The summed E-state index contributed by atoms with van der Waals surface area (Å²) in [6, 6.07) is 4.31. The molecule has 0 amide bonds. The van der Waals surface area contributed by atoms with Gasteiger partial charge in [-0.15, -0.1) is 0 Å². The lowest BCUT2D eigenvalue weighted by atomic mass is 9.47. The zero-order valence-corrected chi connectivity index (χ0v) is 16.1. The highest BCUT2D eigenvalue weighted by Gasteiger charge is 2.62. The number of hydrogen-bond acceptors (Lipinski definition) is 3. The van der Waals surface area contributed by atoms with Crippen LogP contribution in [0.1, 0.15) is 76.0 Å². The van der Waals surface area contributed by atoms with Crippen LogP contribution < -0.4 is 0 Å². The summed E-state index contributed by atoms with van der Waals surface area (Å²) in [4.78, 5) is 0. The first-order valence-electron chi connectivity index (χ1n) is 10.0. The largest absolute Gasteiger partial charge is 0.508 e. The van der Waals surface area contributed by atoms with Crippen molar-refractivity contribution in [3.8, 4) is 5.75 Å². The second-order valence-corrected chi connectivity index (χ2v) is 8.96. The van der Waals surface area contributed by atoms with E-state index in [9.17, 15) is 5.11 Å². The molecule has 3 heteroatoms. The summed E-state index contributed by atoms with van der Waals surface area (Å²) in [5, 5.41) is 10.7. The first-order chi connectivity index (χ1) is 11.9. The number of hydrogen-bond donors (Lipinski definition) is 1. The van der Waals surface area contributed by atoms with E-state index in [2.05, 4.69) is 39.8 Å². The molecule has 1 N–H and O–H groups in total. The van der Waals surface area contributed by atoms with E-state index in [-0.39, 0.29) is 17.1 Å². The van der Waals surface area contributed by atoms with Crippen molar-refractivity contribution in [2.75, 3.05) is 13.2 Å². The van der Waals surface area contributed by atoms with Gasteiger partial charge in [-0.3, -0.25) is 0 Å². The first kappa shape index (κ1) is 17.4. The van der Waals surface area contributed by atoms with Crippen LogP contribution in [0.4, 0.5) is 0 Å². The molecule has 138 valence electrons. The zero-order chi connectivity index (χ0) is 17.8. The van der Waals surface area contributed by atoms with Gasteiger partial charge in [-0.1, -0.05) is 33.3 Å². The Morgan fingerprint density at radius 2 is 2.12 bits per heavy atom. The Morgan fingerprint density at radius 3 is 2.84 bits per heavy atom. The Labute approximate surface area is 151 Å². The topological polar surface area (TPSA) is 38.7 Å². The van der Waals surface area contributed by atoms with Crippen molar-refractivity contribution in [3.63, 3.8) is 0 Å². The van der Waals surface area contributed by atoms with Crippen LogP contribution in [0.5, 0.6) is 5.75 Å². The molecule has 25 heavy (non-hydrogen) atoms. The lowest BCUT2D eigenvalue weighted by Gasteiger charge is -2.62. The third-order valence-corrected chi connectivity index (χ3v) is 7.18. The van der Waals surface area contributed by atoms with Crippen LogP contribution in [0.25, 0.3) is 0 Å². The fourth-order valence-electron chi connectivity index (χ4n) is 6.08. The maximum absolute atomic E-state index is 10.7. The average molecular weight is 344 g/mol. The van der Waals surface area contributed by atoms with E-state index in [1.165, 1.54) is 30.4 Å². The summed E-state index contributed by atoms with van der Waals surface area (Å²) in [6.07, 6.45) is 5.69. The van der Waals surface area contributed by atoms with Crippen LogP contribution in [0, 0.1) is 11.3 Å². The molecule has 1 saturated heterocycles. The van der Waals surface area contributed by atoms with Crippen LogP contribution in [0.3, 0.4) is 0 Å². The smallest absolute Gasteiger partial charge is 0.167 e. The Bertz CT molecular complexity index is 667. The van der Waals surface area contributed by atoms with E-state index >= 15 is 0 Å². The van der Waals surface area contributed by atoms with Crippen molar-refractivity contribution in [2.45, 2.75) is 77.4 Å². The molecule has 3 nitrogen and oxygen atoms in total. The number of phenols is 1. The van der Waals surface area contributed by atoms with Gasteiger partial charge < -0.3 is 14.6 Å². The number of rotatable bonds is 3. The summed E-state index contributed by atoms with van der Waals surface area (Å²) >= 11 is 0. The number of aryl methyl sites for hydroxylation is 1. The molecule has 4 unspecified atom stereocenters. The molecule has 3 aliphatic rings. The summed E-state index contributed by atoms with van der Waals surface area (Å²) in [5.74, 6) is 1.36. The van der Waals surface area contributed by atoms with E-state index in [1.807, 2.05) is 0 Å². The predicted octanol–water partition coefficient (Wildman–Crippen LogP) is 4.90. The van der Waals surface area contributed by atoms with Crippen LogP contribution in [0.15, 0.2) is 12.1 Å². The minimum Gasteiger partial charge on any atom is -0.508 e. The molecule has 2 bridgehead atoms. The second kappa shape index (κ2) is 5.99. The van der Waals surface area contributed by atoms with Crippen LogP contribution >= 0.6 is 0 Å². The highest BCUT2D eigenvalue weighted by atomic mass is 16.7. The van der Waals surface area contributed by atoms with Gasteiger partial charge in [-0.25, -0.2) is 0 Å². The summed E-state index contributed by atoms with van der Waals surface area (Å²) in [6.45, 7) is 10.2. The maximum Gasteiger partial charge on any atom is 0.167 e. The molecule has 1 heterocycles. The molecular weight excluding hydrogens is 312 g/mol. The summed E-state index contributed by atoms with van der Waals surface area (Å²) in [5.41, 5.74) is 3.90. The Kier molecular flexibility index (Phi) is 4.16. The predicted molar refractivity (Wildman–Crippen MR) is 99.0 cm³/mol. The standard InChI is InChI=1S/C22H32O3/c1-5-24-20-22-10-6-9-21(4,13-25-20)19(22)8-7-15-11-16(14(2)3)18(23)12-17(15)22/h11-12,14,19-20,23H,5-10,13H2,1-4H3. The number of aromatic hydroxyl groups is 1. The molecule has 1 aromatic carbocycles. The molecule has 1 saturated carbocycles. The van der Waals surface area contributed by atoms with Crippen LogP contribution in [-0.4, -0.2) is 24.6 Å². The molecule has 0 radical (unpaired) electrons. The van der Waals surface area contributed by atoms with Gasteiger partial charge in [-0.2, -0.15) is 0 Å². The molecule has 4 rings (SSSR count). The van der Waals surface area contributed by atoms with Crippen molar-refractivity contribution in [1.82, 2.24) is 0 Å². The lowest BCUT2D eigenvalue weighted by Crippen LogP contribution is -2.63. The van der Waals surface area contributed by atoms with E-state index in [0.29, 0.717) is 24.2 Å². The molecule has 2 aliphatic carbocycles. The van der Waals surface area contributed by atoms with E-state index in [1.54, 1.807) is 0 Å². The van der Waals surface area contributed by atoms with Gasteiger partial charge in [0.25, 0.3) is 0 Å². The van der Waals surface area contributed by atoms with E-state index in [0.717, 1.165) is 25.0 Å². The van der Waals surface area contributed by atoms with Gasteiger partial charge in [0.2, 0.25) is 0 Å².